The van der Waals surface area contributed by atoms with Crippen molar-refractivity contribution in [1.29, 1.82) is 0 Å². The first-order valence-electron chi connectivity index (χ1n) is 4.11. The number of carbonyl (C=O) groups is 2. The molecule has 2 amide bonds. The molecular weight excluding hydrogens is 174 g/mol. The lowest BCUT2D eigenvalue weighted by Gasteiger charge is -2.08. The number of carbonyl (C=O) groups excluding carboxylic acids is 2. The fourth-order valence-electron chi connectivity index (χ4n) is 1.14. The number of hydroxylamine groups is 1. The topological polar surface area (TPSA) is 93.5 Å². The minimum atomic E-state index is -0.607. The third-order valence-electron chi connectivity index (χ3n) is 1.82. The molecule has 1 fully saturated rings. The Hall–Kier alpha value is -1.14. The van der Waals surface area contributed by atoms with Crippen molar-refractivity contribution in [2.24, 2.45) is 11.7 Å². The van der Waals surface area contributed by atoms with E-state index in [2.05, 4.69) is 15.6 Å². The van der Waals surface area contributed by atoms with E-state index in [1.807, 2.05) is 0 Å². The summed E-state index contributed by atoms with van der Waals surface area (Å²) in [5.74, 6) is -0.871. The lowest BCUT2D eigenvalue weighted by Crippen LogP contribution is -2.34. The normalized spacial score (nSPS) is 21.4. The number of rotatable bonds is 4. The van der Waals surface area contributed by atoms with Crippen molar-refractivity contribution in [3.05, 3.63) is 0 Å². The van der Waals surface area contributed by atoms with Crippen LogP contribution in [0.25, 0.3) is 0 Å². The molecule has 0 aliphatic carbocycles. The van der Waals surface area contributed by atoms with Crippen LogP contribution in [0.15, 0.2) is 0 Å². The zero-order valence-corrected chi connectivity index (χ0v) is 7.21. The van der Waals surface area contributed by atoms with Crippen LogP contribution in [0.2, 0.25) is 0 Å². The summed E-state index contributed by atoms with van der Waals surface area (Å²) in [4.78, 5) is 26.0. The van der Waals surface area contributed by atoms with Crippen molar-refractivity contribution in [3.63, 3.8) is 0 Å². The quantitative estimate of drug-likeness (QED) is 0.449. The zero-order valence-electron chi connectivity index (χ0n) is 7.21. The molecule has 0 aromatic heterocycles. The number of nitrogens with one attached hydrogen (secondary N) is 2. The van der Waals surface area contributed by atoms with Crippen LogP contribution in [0.3, 0.4) is 0 Å². The molecular formula is C7H13N3O3. The van der Waals surface area contributed by atoms with Gasteiger partial charge in [-0.15, -0.1) is 0 Å². The first kappa shape index (κ1) is 9.94. The molecule has 0 spiro atoms. The van der Waals surface area contributed by atoms with Gasteiger partial charge in [0.05, 0.1) is 5.92 Å². The maximum absolute atomic E-state index is 11.2. The number of hydrogen-bond donors (Lipinski definition) is 3. The zero-order chi connectivity index (χ0) is 9.68. The molecule has 6 nitrogen and oxygen atoms in total. The van der Waals surface area contributed by atoms with E-state index in [9.17, 15) is 9.59 Å². The summed E-state index contributed by atoms with van der Waals surface area (Å²) in [6.45, 7) is 1.21. The van der Waals surface area contributed by atoms with Gasteiger partial charge in [-0.25, -0.2) is 5.48 Å². The summed E-state index contributed by atoms with van der Waals surface area (Å²) in [7, 11) is 0. The number of amides is 2. The molecule has 0 saturated carbocycles. The van der Waals surface area contributed by atoms with Gasteiger partial charge in [-0.3, -0.25) is 14.4 Å². The monoisotopic (exact) mass is 187 g/mol. The Morgan fingerprint density at radius 1 is 1.62 bits per heavy atom. The molecule has 1 atom stereocenters. The minimum Gasteiger partial charge on any atom is -0.368 e. The summed E-state index contributed by atoms with van der Waals surface area (Å²) < 4.78 is 0. The lowest BCUT2D eigenvalue weighted by molar-refractivity contribution is -0.140. The van der Waals surface area contributed by atoms with Crippen LogP contribution in [0.1, 0.15) is 6.42 Å². The summed E-state index contributed by atoms with van der Waals surface area (Å²) >= 11 is 0. The van der Waals surface area contributed by atoms with Crippen LogP contribution in [0.5, 0.6) is 0 Å². The van der Waals surface area contributed by atoms with Gasteiger partial charge < -0.3 is 11.1 Å². The van der Waals surface area contributed by atoms with Crippen LogP contribution in [-0.4, -0.2) is 31.5 Å². The molecule has 1 heterocycles. The van der Waals surface area contributed by atoms with Crippen LogP contribution in [-0.2, 0) is 14.4 Å². The molecule has 0 aromatic rings. The molecule has 1 unspecified atom stereocenters. The standard InChI is InChI=1S/C7H13N3O3/c8-6(11)4-13-10-7(12)5-1-2-9-3-5/h5,9H,1-4H2,(H2,8,11)(H,10,12). The van der Waals surface area contributed by atoms with E-state index in [1.54, 1.807) is 0 Å². The van der Waals surface area contributed by atoms with Crippen molar-refractivity contribution in [1.82, 2.24) is 10.8 Å². The van der Waals surface area contributed by atoms with Crippen molar-refractivity contribution in [3.8, 4) is 0 Å². The average molecular weight is 187 g/mol. The van der Waals surface area contributed by atoms with Crippen LogP contribution >= 0.6 is 0 Å². The summed E-state index contributed by atoms with van der Waals surface area (Å²) in [5.41, 5.74) is 6.98. The van der Waals surface area contributed by atoms with Gasteiger partial charge in [0, 0.05) is 6.54 Å². The molecule has 4 N–H and O–H groups in total. The lowest BCUT2D eigenvalue weighted by atomic mass is 10.1. The predicted octanol–water partition coefficient (Wildman–Crippen LogP) is -1.87. The maximum atomic E-state index is 11.2. The van der Waals surface area contributed by atoms with Gasteiger partial charge in [-0.2, -0.15) is 0 Å². The smallest absolute Gasteiger partial charge is 0.247 e. The van der Waals surface area contributed by atoms with E-state index in [1.165, 1.54) is 0 Å². The van der Waals surface area contributed by atoms with E-state index in [0.29, 0.717) is 6.54 Å². The Balaban J connectivity index is 2.13. The fourth-order valence-corrected chi connectivity index (χ4v) is 1.14. The number of primary amides is 1. The van der Waals surface area contributed by atoms with E-state index < -0.39 is 5.91 Å². The predicted molar refractivity (Wildman–Crippen MR) is 44.3 cm³/mol. The Morgan fingerprint density at radius 2 is 2.38 bits per heavy atom. The van der Waals surface area contributed by atoms with Crippen molar-refractivity contribution >= 4 is 11.8 Å². The Bertz CT molecular complexity index is 201. The van der Waals surface area contributed by atoms with Crippen molar-refractivity contribution in [2.75, 3.05) is 19.7 Å². The summed E-state index contributed by atoms with van der Waals surface area (Å²) in [6, 6.07) is 0. The Labute approximate surface area is 75.8 Å². The third-order valence-corrected chi connectivity index (χ3v) is 1.82. The highest BCUT2D eigenvalue weighted by Gasteiger charge is 2.22. The molecule has 0 radical (unpaired) electrons. The third kappa shape index (κ3) is 3.39. The molecule has 13 heavy (non-hydrogen) atoms. The average Bonchev–Trinajstić information content (AvgIpc) is 2.55. The summed E-state index contributed by atoms with van der Waals surface area (Å²) in [5, 5.41) is 3.04. The van der Waals surface area contributed by atoms with E-state index in [0.717, 1.165) is 13.0 Å². The fraction of sp³-hybridized carbons (Fsp3) is 0.714. The largest absolute Gasteiger partial charge is 0.368 e. The Kier molecular flexibility index (Phi) is 3.66. The summed E-state index contributed by atoms with van der Waals surface area (Å²) in [6.07, 6.45) is 0.797. The van der Waals surface area contributed by atoms with Gasteiger partial charge >= 0.3 is 0 Å². The molecule has 0 aromatic carbocycles. The molecule has 1 rings (SSSR count). The van der Waals surface area contributed by atoms with E-state index in [4.69, 9.17) is 5.73 Å². The second-order valence-electron chi connectivity index (χ2n) is 2.91. The van der Waals surface area contributed by atoms with E-state index in [-0.39, 0.29) is 18.4 Å². The van der Waals surface area contributed by atoms with Crippen LogP contribution in [0, 0.1) is 5.92 Å². The van der Waals surface area contributed by atoms with Crippen molar-refractivity contribution in [2.45, 2.75) is 6.42 Å². The minimum absolute atomic E-state index is 0.0622. The highest BCUT2D eigenvalue weighted by molar-refractivity contribution is 5.79. The first-order valence-corrected chi connectivity index (χ1v) is 4.11. The van der Waals surface area contributed by atoms with Crippen LogP contribution in [0.4, 0.5) is 0 Å². The second kappa shape index (κ2) is 4.78. The van der Waals surface area contributed by atoms with Crippen molar-refractivity contribution < 1.29 is 14.4 Å². The molecule has 0 bridgehead atoms. The molecule has 6 heteroatoms. The van der Waals surface area contributed by atoms with Gasteiger partial charge in [0.15, 0.2) is 6.61 Å². The number of nitrogens with two attached hydrogens (primary N) is 1. The second-order valence-corrected chi connectivity index (χ2v) is 2.91. The van der Waals surface area contributed by atoms with Gasteiger partial charge in [0.1, 0.15) is 0 Å². The number of hydrogen-bond acceptors (Lipinski definition) is 4. The molecule has 1 aliphatic heterocycles. The Morgan fingerprint density at radius 3 is 2.92 bits per heavy atom. The molecule has 1 aliphatic rings. The molecule has 1 saturated heterocycles. The SMILES string of the molecule is NC(=O)CONC(=O)C1CCNC1. The van der Waals surface area contributed by atoms with E-state index >= 15 is 0 Å². The maximum Gasteiger partial charge on any atom is 0.247 e. The van der Waals surface area contributed by atoms with Gasteiger partial charge in [-0.05, 0) is 13.0 Å². The van der Waals surface area contributed by atoms with Gasteiger partial charge in [0.25, 0.3) is 0 Å². The molecule has 74 valence electrons. The van der Waals surface area contributed by atoms with Crippen LogP contribution < -0.4 is 16.5 Å². The highest BCUT2D eigenvalue weighted by atomic mass is 16.7. The van der Waals surface area contributed by atoms with Gasteiger partial charge in [-0.1, -0.05) is 0 Å². The highest BCUT2D eigenvalue weighted by Crippen LogP contribution is 2.06. The van der Waals surface area contributed by atoms with Gasteiger partial charge in [0.2, 0.25) is 11.8 Å². The first-order chi connectivity index (χ1) is 6.20.